The first-order chi connectivity index (χ1) is 6.65. The molecule has 6 heteroatoms. The molecule has 1 aromatic rings. The lowest BCUT2D eigenvalue weighted by molar-refractivity contribution is 0.599. The second kappa shape index (κ2) is 5.26. The molecule has 1 heterocycles. The van der Waals surface area contributed by atoms with Gasteiger partial charge in [-0.2, -0.15) is 12.6 Å². The van der Waals surface area contributed by atoms with Gasteiger partial charge >= 0.3 is 5.69 Å². The van der Waals surface area contributed by atoms with Crippen molar-refractivity contribution in [3.63, 3.8) is 0 Å². The van der Waals surface area contributed by atoms with Crippen LogP contribution in [0.3, 0.4) is 0 Å². The molecule has 0 spiro atoms. The number of rotatable bonds is 4. The Kier molecular flexibility index (Phi) is 4.28. The Labute approximate surface area is 91.3 Å². The highest BCUT2D eigenvalue weighted by Gasteiger charge is 2.01. The molecule has 0 bridgehead atoms. The van der Waals surface area contributed by atoms with Crippen molar-refractivity contribution in [1.82, 2.24) is 9.55 Å². The van der Waals surface area contributed by atoms with E-state index in [9.17, 15) is 9.59 Å². The number of H-pyrrole nitrogens is 1. The van der Waals surface area contributed by atoms with Gasteiger partial charge in [-0.15, -0.1) is 0 Å². The van der Waals surface area contributed by atoms with E-state index in [0.717, 1.165) is 18.6 Å². The minimum absolute atomic E-state index is 0.0375. The molecule has 0 aromatic carbocycles. The van der Waals surface area contributed by atoms with Crippen molar-refractivity contribution >= 4 is 24.2 Å². The Morgan fingerprint density at radius 1 is 1.43 bits per heavy atom. The van der Waals surface area contributed by atoms with E-state index in [1.54, 1.807) is 0 Å². The number of hydrogen-bond donors (Lipinski definition) is 2. The summed E-state index contributed by atoms with van der Waals surface area (Å²) in [6.07, 6.45) is 3.12. The number of unbranched alkanes of at least 4 members (excludes halogenated alkanes) is 1. The standard InChI is InChI=1S/C8H11ClN2O2S/c9-6-5-11(3-1-2-4-14)8(13)10-7(6)12/h5,14H,1-4H2,(H,10,12,13). The van der Waals surface area contributed by atoms with Crippen LogP contribution in [-0.2, 0) is 6.54 Å². The van der Waals surface area contributed by atoms with Gasteiger partial charge in [-0.05, 0) is 18.6 Å². The van der Waals surface area contributed by atoms with Crippen molar-refractivity contribution < 1.29 is 0 Å². The van der Waals surface area contributed by atoms with E-state index in [1.807, 2.05) is 0 Å². The molecule has 1 N–H and O–H groups in total. The summed E-state index contributed by atoms with van der Waals surface area (Å²) in [6, 6.07) is 0. The third-order valence-electron chi connectivity index (χ3n) is 1.77. The maximum atomic E-state index is 11.2. The summed E-state index contributed by atoms with van der Waals surface area (Å²) in [5.41, 5.74) is -0.958. The maximum Gasteiger partial charge on any atom is 0.328 e. The van der Waals surface area contributed by atoms with E-state index in [2.05, 4.69) is 17.6 Å². The van der Waals surface area contributed by atoms with Crippen LogP contribution < -0.4 is 11.2 Å². The van der Waals surface area contributed by atoms with E-state index >= 15 is 0 Å². The predicted molar refractivity (Wildman–Crippen MR) is 59.4 cm³/mol. The number of nitrogens with zero attached hydrogens (tertiary/aromatic N) is 1. The van der Waals surface area contributed by atoms with Crippen LogP contribution in [-0.4, -0.2) is 15.3 Å². The van der Waals surface area contributed by atoms with Crippen molar-refractivity contribution in [3.05, 3.63) is 32.1 Å². The second-order valence-electron chi connectivity index (χ2n) is 2.86. The largest absolute Gasteiger partial charge is 0.328 e. The molecule has 1 aromatic heterocycles. The monoisotopic (exact) mass is 234 g/mol. The van der Waals surface area contributed by atoms with Gasteiger partial charge in [-0.3, -0.25) is 14.3 Å². The highest BCUT2D eigenvalue weighted by atomic mass is 35.5. The Morgan fingerprint density at radius 2 is 2.14 bits per heavy atom. The number of thiol groups is 1. The van der Waals surface area contributed by atoms with Gasteiger partial charge in [0.05, 0.1) is 0 Å². The molecule has 0 aliphatic rings. The molecule has 1 rings (SSSR count). The first kappa shape index (κ1) is 11.4. The van der Waals surface area contributed by atoms with Gasteiger partial charge in [0.15, 0.2) is 0 Å². The summed E-state index contributed by atoms with van der Waals surface area (Å²) in [7, 11) is 0. The lowest BCUT2D eigenvalue weighted by atomic mass is 10.3. The fraction of sp³-hybridized carbons (Fsp3) is 0.500. The second-order valence-corrected chi connectivity index (χ2v) is 3.71. The van der Waals surface area contributed by atoms with Crippen LogP contribution in [0.5, 0.6) is 0 Å². The topological polar surface area (TPSA) is 54.9 Å². The van der Waals surface area contributed by atoms with Crippen LogP contribution in [0.1, 0.15) is 12.8 Å². The summed E-state index contributed by atoms with van der Waals surface area (Å²) < 4.78 is 1.40. The maximum absolute atomic E-state index is 11.2. The SMILES string of the molecule is O=c1[nH]c(=O)n(CCCCS)cc1Cl. The van der Waals surface area contributed by atoms with Gasteiger partial charge in [0.1, 0.15) is 5.02 Å². The Hall–Kier alpha value is -0.680. The lowest BCUT2D eigenvalue weighted by Crippen LogP contribution is -2.29. The zero-order valence-corrected chi connectivity index (χ0v) is 9.15. The quantitative estimate of drug-likeness (QED) is 0.601. The molecule has 78 valence electrons. The zero-order chi connectivity index (χ0) is 10.6. The third kappa shape index (κ3) is 2.92. The molecular formula is C8H11ClN2O2S. The average molecular weight is 235 g/mol. The molecule has 0 amide bonds. The van der Waals surface area contributed by atoms with Crippen molar-refractivity contribution in [1.29, 1.82) is 0 Å². The van der Waals surface area contributed by atoms with Crippen LogP contribution in [0.4, 0.5) is 0 Å². The number of hydrogen-bond acceptors (Lipinski definition) is 3. The molecule has 4 nitrogen and oxygen atoms in total. The summed E-state index contributed by atoms with van der Waals surface area (Å²) >= 11 is 9.64. The first-order valence-electron chi connectivity index (χ1n) is 4.25. The van der Waals surface area contributed by atoms with E-state index in [4.69, 9.17) is 11.6 Å². The summed E-state index contributed by atoms with van der Waals surface area (Å²) in [6.45, 7) is 0.551. The van der Waals surface area contributed by atoms with Gasteiger partial charge in [0.25, 0.3) is 5.56 Å². The van der Waals surface area contributed by atoms with E-state index in [0.29, 0.717) is 6.54 Å². The van der Waals surface area contributed by atoms with Crippen molar-refractivity contribution in [2.75, 3.05) is 5.75 Å². The highest BCUT2D eigenvalue weighted by molar-refractivity contribution is 7.80. The minimum Gasteiger partial charge on any atom is -0.299 e. The van der Waals surface area contributed by atoms with Gasteiger partial charge in [0.2, 0.25) is 0 Å². The molecular weight excluding hydrogens is 224 g/mol. The van der Waals surface area contributed by atoms with E-state index in [1.165, 1.54) is 10.8 Å². The molecule has 0 fully saturated rings. The van der Waals surface area contributed by atoms with Gasteiger partial charge in [-0.25, -0.2) is 4.79 Å². The average Bonchev–Trinajstić information content (AvgIpc) is 2.14. The number of nitrogens with one attached hydrogen (secondary N) is 1. The van der Waals surface area contributed by atoms with Crippen LogP contribution >= 0.6 is 24.2 Å². The molecule has 0 saturated heterocycles. The number of aromatic nitrogens is 2. The van der Waals surface area contributed by atoms with Crippen LogP contribution in [0.25, 0.3) is 0 Å². The van der Waals surface area contributed by atoms with Gasteiger partial charge < -0.3 is 0 Å². The van der Waals surface area contributed by atoms with E-state index < -0.39 is 11.2 Å². The Balaban J connectivity index is 2.82. The minimum atomic E-state index is -0.540. The smallest absolute Gasteiger partial charge is 0.299 e. The molecule has 0 unspecified atom stereocenters. The van der Waals surface area contributed by atoms with Crippen molar-refractivity contribution in [2.24, 2.45) is 0 Å². The van der Waals surface area contributed by atoms with Crippen molar-refractivity contribution in [3.8, 4) is 0 Å². The molecule has 0 aliphatic carbocycles. The Morgan fingerprint density at radius 3 is 2.79 bits per heavy atom. The summed E-state index contributed by atoms with van der Waals surface area (Å²) in [5, 5.41) is 0.0375. The Bertz CT molecular complexity index is 413. The lowest BCUT2D eigenvalue weighted by Gasteiger charge is -2.03. The molecule has 0 atom stereocenters. The molecule has 0 saturated carbocycles. The molecule has 14 heavy (non-hydrogen) atoms. The third-order valence-corrected chi connectivity index (χ3v) is 2.36. The predicted octanol–water partition coefficient (Wildman–Crippen LogP) is 0.900. The summed E-state index contributed by atoms with van der Waals surface area (Å²) in [4.78, 5) is 24.3. The van der Waals surface area contributed by atoms with Crippen molar-refractivity contribution in [2.45, 2.75) is 19.4 Å². The first-order valence-corrected chi connectivity index (χ1v) is 5.26. The van der Waals surface area contributed by atoms with Crippen LogP contribution in [0.15, 0.2) is 15.8 Å². The summed E-state index contributed by atoms with van der Waals surface area (Å²) in [5.74, 6) is 0.784. The fourth-order valence-corrected chi connectivity index (χ4v) is 1.43. The zero-order valence-electron chi connectivity index (χ0n) is 7.49. The normalized spacial score (nSPS) is 10.4. The van der Waals surface area contributed by atoms with Gasteiger partial charge in [-0.1, -0.05) is 11.6 Å². The van der Waals surface area contributed by atoms with E-state index in [-0.39, 0.29) is 5.02 Å². The van der Waals surface area contributed by atoms with Gasteiger partial charge in [0, 0.05) is 12.7 Å². The number of aryl methyl sites for hydroxylation is 1. The van der Waals surface area contributed by atoms with Crippen LogP contribution in [0, 0.1) is 0 Å². The highest BCUT2D eigenvalue weighted by Crippen LogP contribution is 1.98. The fourth-order valence-electron chi connectivity index (χ4n) is 1.04. The molecule has 0 radical (unpaired) electrons. The van der Waals surface area contributed by atoms with Crippen LogP contribution in [0.2, 0.25) is 5.02 Å². The number of aromatic amines is 1. The number of halogens is 1. The molecule has 0 aliphatic heterocycles.